The molecule has 0 saturated carbocycles. The first-order chi connectivity index (χ1) is 12.1. The third-order valence-corrected chi connectivity index (χ3v) is 4.37. The Bertz CT molecular complexity index is 739. The fraction of sp³-hybridized carbons (Fsp3) is 0.353. The predicted molar refractivity (Wildman–Crippen MR) is 97.7 cm³/mol. The van der Waals surface area contributed by atoms with E-state index in [-0.39, 0.29) is 18.2 Å². The Morgan fingerprint density at radius 1 is 1.16 bits per heavy atom. The number of halogens is 1. The number of hydrogen-bond acceptors (Lipinski definition) is 5. The molecule has 132 valence electrons. The Labute approximate surface area is 153 Å². The van der Waals surface area contributed by atoms with Crippen molar-refractivity contribution in [2.24, 2.45) is 0 Å². The van der Waals surface area contributed by atoms with Crippen LogP contribution in [0.25, 0.3) is 0 Å². The molecule has 0 atom stereocenters. The third-order valence-electron chi connectivity index (χ3n) is 3.94. The van der Waals surface area contributed by atoms with E-state index in [4.69, 9.17) is 4.42 Å². The second kappa shape index (κ2) is 8.15. The summed E-state index contributed by atoms with van der Waals surface area (Å²) in [6, 6.07) is 6.86. The molecule has 25 heavy (non-hydrogen) atoms. The number of carbonyl (C=O) groups excluding carboxylic acids is 2. The zero-order valence-electron chi connectivity index (χ0n) is 13.6. The van der Waals surface area contributed by atoms with Crippen molar-refractivity contribution in [3.05, 3.63) is 40.9 Å². The van der Waals surface area contributed by atoms with Gasteiger partial charge < -0.3 is 20.0 Å². The maximum absolute atomic E-state index is 11.9. The second-order valence-electron chi connectivity index (χ2n) is 5.78. The minimum Gasteiger partial charge on any atom is -0.444 e. The molecule has 1 saturated heterocycles. The summed E-state index contributed by atoms with van der Waals surface area (Å²) in [7, 11) is 0. The van der Waals surface area contributed by atoms with E-state index in [0.717, 1.165) is 18.8 Å². The van der Waals surface area contributed by atoms with Crippen LogP contribution in [0.1, 0.15) is 29.8 Å². The van der Waals surface area contributed by atoms with Gasteiger partial charge in [-0.1, -0.05) is 0 Å². The number of furan rings is 1. The van der Waals surface area contributed by atoms with Gasteiger partial charge in [0.1, 0.15) is 5.82 Å². The Hall–Kier alpha value is -2.35. The van der Waals surface area contributed by atoms with Gasteiger partial charge in [-0.25, -0.2) is 4.98 Å². The van der Waals surface area contributed by atoms with E-state index in [2.05, 4.69) is 36.4 Å². The number of hydrogen-bond donors (Lipinski definition) is 2. The summed E-state index contributed by atoms with van der Waals surface area (Å²) in [4.78, 5) is 30.3. The van der Waals surface area contributed by atoms with E-state index < -0.39 is 5.91 Å². The minimum absolute atomic E-state index is 0.142. The normalized spacial score (nSPS) is 14.2. The molecular formula is C17H19BrN4O3. The maximum Gasteiger partial charge on any atom is 0.287 e. The van der Waals surface area contributed by atoms with Gasteiger partial charge in [-0.2, -0.15) is 0 Å². The van der Waals surface area contributed by atoms with Gasteiger partial charge >= 0.3 is 0 Å². The molecule has 0 aromatic carbocycles. The van der Waals surface area contributed by atoms with Gasteiger partial charge in [0.05, 0.1) is 18.4 Å². The van der Waals surface area contributed by atoms with Gasteiger partial charge in [0.2, 0.25) is 5.91 Å². The summed E-state index contributed by atoms with van der Waals surface area (Å²) in [5, 5.41) is 5.15. The molecule has 0 bridgehead atoms. The first-order valence-corrected chi connectivity index (χ1v) is 8.95. The standard InChI is InChI=1S/C17H19BrN4O3/c18-14-6-5-13(25-14)17(24)20-11-16(23)21-15-7-4-12(10-19-15)22-8-2-1-3-9-22/h4-7,10H,1-3,8-9,11H2,(H,20,24)(H,19,21,23). The zero-order chi connectivity index (χ0) is 17.6. The molecule has 0 spiro atoms. The number of anilines is 2. The van der Waals surface area contributed by atoms with Crippen LogP contribution in [0.5, 0.6) is 0 Å². The van der Waals surface area contributed by atoms with Crippen LogP contribution in [0.15, 0.2) is 39.5 Å². The van der Waals surface area contributed by atoms with Gasteiger partial charge in [0.15, 0.2) is 10.4 Å². The number of carbonyl (C=O) groups is 2. The lowest BCUT2D eigenvalue weighted by atomic mass is 10.1. The summed E-state index contributed by atoms with van der Waals surface area (Å²) < 4.78 is 5.58. The quantitative estimate of drug-likeness (QED) is 0.796. The predicted octanol–water partition coefficient (Wildman–Crippen LogP) is 2.80. The molecule has 3 heterocycles. The molecule has 2 amide bonds. The van der Waals surface area contributed by atoms with Crippen LogP contribution in [0.2, 0.25) is 0 Å². The van der Waals surface area contributed by atoms with Crippen LogP contribution in [0, 0.1) is 0 Å². The van der Waals surface area contributed by atoms with Gasteiger partial charge in [0.25, 0.3) is 5.91 Å². The average Bonchev–Trinajstić information content (AvgIpc) is 3.08. The first kappa shape index (κ1) is 17.5. The molecule has 0 unspecified atom stereocenters. The molecule has 0 aliphatic carbocycles. The number of amides is 2. The Morgan fingerprint density at radius 3 is 2.60 bits per heavy atom. The maximum atomic E-state index is 11.9. The molecule has 8 heteroatoms. The second-order valence-corrected chi connectivity index (χ2v) is 6.57. The van der Waals surface area contributed by atoms with Crippen molar-refractivity contribution in [1.82, 2.24) is 10.3 Å². The third kappa shape index (κ3) is 4.82. The summed E-state index contributed by atoms with van der Waals surface area (Å²) in [5.74, 6) is -0.198. The molecule has 2 aromatic rings. The van der Waals surface area contributed by atoms with Crippen molar-refractivity contribution < 1.29 is 14.0 Å². The molecule has 2 aromatic heterocycles. The van der Waals surface area contributed by atoms with Crippen LogP contribution >= 0.6 is 15.9 Å². The van der Waals surface area contributed by atoms with Gasteiger partial charge in [-0.3, -0.25) is 9.59 Å². The van der Waals surface area contributed by atoms with Crippen LogP contribution < -0.4 is 15.5 Å². The van der Waals surface area contributed by atoms with E-state index in [0.29, 0.717) is 10.5 Å². The van der Waals surface area contributed by atoms with E-state index in [1.807, 2.05) is 6.07 Å². The number of nitrogens with zero attached hydrogens (tertiary/aromatic N) is 2. The van der Waals surface area contributed by atoms with Crippen molar-refractivity contribution >= 4 is 39.2 Å². The minimum atomic E-state index is -0.450. The summed E-state index contributed by atoms with van der Waals surface area (Å²) in [5.41, 5.74) is 1.06. The number of rotatable bonds is 5. The summed E-state index contributed by atoms with van der Waals surface area (Å²) >= 11 is 3.12. The van der Waals surface area contributed by atoms with Gasteiger partial charge in [-0.05, 0) is 59.5 Å². The average molecular weight is 407 g/mol. The molecule has 1 aliphatic rings. The topological polar surface area (TPSA) is 87.5 Å². The van der Waals surface area contributed by atoms with E-state index in [9.17, 15) is 9.59 Å². The smallest absolute Gasteiger partial charge is 0.287 e. The number of aromatic nitrogens is 1. The van der Waals surface area contributed by atoms with Crippen molar-refractivity contribution in [1.29, 1.82) is 0 Å². The van der Waals surface area contributed by atoms with Crippen molar-refractivity contribution in [3.8, 4) is 0 Å². The largest absolute Gasteiger partial charge is 0.444 e. The Balaban J connectivity index is 1.48. The van der Waals surface area contributed by atoms with Crippen LogP contribution in [0.4, 0.5) is 11.5 Å². The molecule has 1 aliphatic heterocycles. The Kier molecular flexibility index (Phi) is 5.70. The molecule has 2 N–H and O–H groups in total. The molecule has 1 fully saturated rings. The number of nitrogens with one attached hydrogen (secondary N) is 2. The highest BCUT2D eigenvalue weighted by Crippen LogP contribution is 2.20. The lowest BCUT2D eigenvalue weighted by Crippen LogP contribution is -2.33. The van der Waals surface area contributed by atoms with Crippen molar-refractivity contribution in [2.75, 3.05) is 29.9 Å². The molecule has 7 nitrogen and oxygen atoms in total. The Morgan fingerprint density at radius 2 is 1.96 bits per heavy atom. The van der Waals surface area contributed by atoms with E-state index in [1.165, 1.54) is 25.3 Å². The highest BCUT2D eigenvalue weighted by atomic mass is 79.9. The van der Waals surface area contributed by atoms with Crippen molar-refractivity contribution in [2.45, 2.75) is 19.3 Å². The first-order valence-electron chi connectivity index (χ1n) is 8.16. The van der Waals surface area contributed by atoms with Crippen LogP contribution in [-0.4, -0.2) is 36.4 Å². The lowest BCUT2D eigenvalue weighted by molar-refractivity contribution is -0.115. The molecule has 0 radical (unpaired) electrons. The zero-order valence-corrected chi connectivity index (χ0v) is 15.2. The monoisotopic (exact) mass is 406 g/mol. The number of piperidine rings is 1. The highest BCUT2D eigenvalue weighted by Gasteiger charge is 2.13. The van der Waals surface area contributed by atoms with E-state index in [1.54, 1.807) is 18.3 Å². The molecular weight excluding hydrogens is 388 g/mol. The van der Waals surface area contributed by atoms with Gasteiger partial charge in [0, 0.05) is 13.1 Å². The summed E-state index contributed by atoms with van der Waals surface area (Å²) in [6.07, 6.45) is 5.44. The van der Waals surface area contributed by atoms with Gasteiger partial charge in [-0.15, -0.1) is 0 Å². The fourth-order valence-corrected chi connectivity index (χ4v) is 2.98. The number of pyridine rings is 1. The SMILES string of the molecule is O=C(CNC(=O)c1ccc(Br)o1)Nc1ccc(N2CCCCC2)cn1. The molecule has 3 rings (SSSR count). The van der Waals surface area contributed by atoms with Crippen molar-refractivity contribution in [3.63, 3.8) is 0 Å². The summed E-state index contributed by atoms with van der Waals surface area (Å²) in [6.45, 7) is 1.93. The van der Waals surface area contributed by atoms with E-state index >= 15 is 0 Å². The van der Waals surface area contributed by atoms with Crippen LogP contribution in [-0.2, 0) is 4.79 Å². The highest BCUT2D eigenvalue weighted by molar-refractivity contribution is 9.10. The van der Waals surface area contributed by atoms with Crippen LogP contribution in [0.3, 0.4) is 0 Å². The lowest BCUT2D eigenvalue weighted by Gasteiger charge is -2.28. The fourth-order valence-electron chi connectivity index (χ4n) is 2.67.